The van der Waals surface area contributed by atoms with E-state index in [1.54, 1.807) is 7.11 Å². The summed E-state index contributed by atoms with van der Waals surface area (Å²) < 4.78 is 19.2. The third-order valence-electron chi connectivity index (χ3n) is 4.86. The van der Waals surface area contributed by atoms with Gasteiger partial charge in [-0.25, -0.2) is 0 Å². The molecule has 0 amide bonds. The first kappa shape index (κ1) is 17.2. The molecule has 6 heteroatoms. The first-order valence-electron chi connectivity index (χ1n) is 8.25. The van der Waals surface area contributed by atoms with Gasteiger partial charge in [-0.3, -0.25) is 4.68 Å². The summed E-state index contributed by atoms with van der Waals surface area (Å²) in [6.45, 7) is 9.57. The second-order valence-electron chi connectivity index (χ2n) is 7.31. The number of nitrogens with zero attached hydrogens (tertiary/aromatic N) is 2. The topological polar surface area (TPSA) is 45.5 Å². The van der Waals surface area contributed by atoms with E-state index in [-0.39, 0.29) is 18.3 Å². The molecule has 24 heavy (non-hydrogen) atoms. The highest BCUT2D eigenvalue weighted by molar-refractivity contribution is 6.61. The maximum Gasteiger partial charge on any atom is 0.498 e. The Morgan fingerprint density at radius 1 is 1.04 bits per heavy atom. The lowest BCUT2D eigenvalue weighted by atomic mass is 9.82. The van der Waals surface area contributed by atoms with Crippen molar-refractivity contribution >= 4 is 12.6 Å². The van der Waals surface area contributed by atoms with Crippen LogP contribution in [0.4, 0.5) is 0 Å². The third kappa shape index (κ3) is 3.41. The Hall–Kier alpha value is -1.63. The van der Waals surface area contributed by atoms with Crippen molar-refractivity contribution in [2.24, 2.45) is 0 Å². The van der Waals surface area contributed by atoms with Gasteiger partial charge in [-0.2, -0.15) is 5.10 Å². The summed E-state index contributed by atoms with van der Waals surface area (Å²) >= 11 is 0. The van der Waals surface area contributed by atoms with Crippen LogP contribution in [0.15, 0.2) is 36.7 Å². The summed E-state index contributed by atoms with van der Waals surface area (Å²) in [5.41, 5.74) is 2.64. The maximum absolute atomic E-state index is 6.07. The van der Waals surface area contributed by atoms with Gasteiger partial charge in [0.05, 0.1) is 24.4 Å². The van der Waals surface area contributed by atoms with Crippen molar-refractivity contribution in [3.05, 3.63) is 47.8 Å². The molecule has 5 nitrogen and oxygen atoms in total. The van der Waals surface area contributed by atoms with Crippen molar-refractivity contribution in [1.29, 1.82) is 0 Å². The minimum atomic E-state index is -0.368. The van der Waals surface area contributed by atoms with Crippen LogP contribution in [0.1, 0.15) is 38.8 Å². The van der Waals surface area contributed by atoms with Crippen molar-refractivity contribution in [3.8, 4) is 0 Å². The molecule has 3 rings (SSSR count). The molecule has 1 saturated heterocycles. The van der Waals surface area contributed by atoms with Crippen LogP contribution in [-0.2, 0) is 27.2 Å². The first-order chi connectivity index (χ1) is 11.3. The molecule has 0 unspecified atom stereocenters. The molecule has 0 saturated carbocycles. The predicted molar refractivity (Wildman–Crippen MR) is 94.2 cm³/mol. The highest BCUT2D eigenvalue weighted by Gasteiger charge is 2.52. The van der Waals surface area contributed by atoms with Crippen LogP contribution in [-0.4, -0.2) is 35.2 Å². The average Bonchev–Trinajstić information content (AvgIpc) is 3.04. The van der Waals surface area contributed by atoms with Gasteiger partial charge in [0.15, 0.2) is 0 Å². The average molecular weight is 328 g/mol. The number of benzene rings is 1. The van der Waals surface area contributed by atoms with Crippen LogP contribution >= 0.6 is 0 Å². The standard InChI is InChI=1S/C18H25BN2O3/c1-17(2)18(3,4)24-19(23-17)16-10-20-21(12-16)11-14-6-8-15(9-7-14)13-22-5/h6-10,12H,11,13H2,1-5H3. The highest BCUT2D eigenvalue weighted by atomic mass is 16.7. The zero-order chi connectivity index (χ0) is 17.4. The maximum atomic E-state index is 6.07. The van der Waals surface area contributed by atoms with Crippen LogP contribution in [0, 0.1) is 0 Å². The molecule has 2 heterocycles. The molecule has 0 atom stereocenters. The van der Waals surface area contributed by atoms with Gasteiger partial charge in [0.2, 0.25) is 0 Å². The fourth-order valence-electron chi connectivity index (χ4n) is 2.66. The van der Waals surface area contributed by atoms with Crippen molar-refractivity contribution in [2.75, 3.05) is 7.11 Å². The monoisotopic (exact) mass is 328 g/mol. The van der Waals surface area contributed by atoms with E-state index < -0.39 is 0 Å². The van der Waals surface area contributed by atoms with Crippen LogP contribution in [0.2, 0.25) is 0 Å². The second kappa shape index (κ2) is 6.35. The molecular formula is C18H25BN2O3. The number of rotatable bonds is 5. The van der Waals surface area contributed by atoms with Crippen LogP contribution < -0.4 is 5.46 Å². The van der Waals surface area contributed by atoms with E-state index in [0.717, 1.165) is 5.46 Å². The summed E-state index contributed by atoms with van der Waals surface area (Å²) in [7, 11) is 1.34. The number of methoxy groups -OCH3 is 1. The SMILES string of the molecule is COCc1ccc(Cn2cc(B3OC(C)(C)C(C)(C)O3)cn2)cc1. The lowest BCUT2D eigenvalue weighted by Crippen LogP contribution is -2.41. The quantitative estimate of drug-likeness (QED) is 0.791. The van der Waals surface area contributed by atoms with E-state index in [0.29, 0.717) is 13.2 Å². The largest absolute Gasteiger partial charge is 0.498 e. The molecule has 1 aliphatic heterocycles. The Kier molecular flexibility index (Phi) is 4.55. The highest BCUT2D eigenvalue weighted by Crippen LogP contribution is 2.36. The molecule has 1 aromatic heterocycles. The second-order valence-corrected chi connectivity index (χ2v) is 7.31. The zero-order valence-electron chi connectivity index (χ0n) is 15.1. The van der Waals surface area contributed by atoms with E-state index in [9.17, 15) is 0 Å². The molecule has 0 radical (unpaired) electrons. The lowest BCUT2D eigenvalue weighted by Gasteiger charge is -2.32. The van der Waals surface area contributed by atoms with Gasteiger partial charge in [0, 0.05) is 25.0 Å². The summed E-state index contributed by atoms with van der Waals surface area (Å²) in [6, 6.07) is 8.37. The minimum Gasteiger partial charge on any atom is -0.399 e. The number of hydrogen-bond acceptors (Lipinski definition) is 4. The molecule has 2 aromatic rings. The molecule has 0 aliphatic carbocycles. The van der Waals surface area contributed by atoms with Crippen molar-refractivity contribution in [1.82, 2.24) is 9.78 Å². The number of hydrogen-bond donors (Lipinski definition) is 0. The molecule has 1 aromatic carbocycles. The Bertz CT molecular complexity index is 679. The number of aromatic nitrogens is 2. The molecule has 0 N–H and O–H groups in total. The van der Waals surface area contributed by atoms with Gasteiger partial charge in [0.1, 0.15) is 0 Å². The Labute approximate surface area is 144 Å². The summed E-state index contributed by atoms with van der Waals surface area (Å²) in [6.07, 6.45) is 3.81. The summed E-state index contributed by atoms with van der Waals surface area (Å²) in [5, 5.41) is 4.44. The normalized spacial score (nSPS) is 19.0. The van der Waals surface area contributed by atoms with E-state index >= 15 is 0 Å². The van der Waals surface area contributed by atoms with Gasteiger partial charge < -0.3 is 14.0 Å². The van der Waals surface area contributed by atoms with Gasteiger partial charge >= 0.3 is 7.12 Å². The van der Waals surface area contributed by atoms with Crippen LogP contribution in [0.25, 0.3) is 0 Å². The summed E-state index contributed by atoms with van der Waals surface area (Å²) in [4.78, 5) is 0. The van der Waals surface area contributed by atoms with Gasteiger partial charge in [0.25, 0.3) is 0 Å². The van der Waals surface area contributed by atoms with Gasteiger partial charge in [-0.05, 0) is 38.8 Å². The third-order valence-corrected chi connectivity index (χ3v) is 4.86. The van der Waals surface area contributed by atoms with Crippen LogP contribution in [0.5, 0.6) is 0 Å². The van der Waals surface area contributed by atoms with Gasteiger partial charge in [-0.15, -0.1) is 0 Å². The Balaban J connectivity index is 1.68. The fourth-order valence-corrected chi connectivity index (χ4v) is 2.66. The fraction of sp³-hybridized carbons (Fsp3) is 0.500. The van der Waals surface area contributed by atoms with Crippen molar-refractivity contribution in [3.63, 3.8) is 0 Å². The number of ether oxygens (including phenoxy) is 1. The summed E-state index contributed by atoms with van der Waals surface area (Å²) in [5.74, 6) is 0. The van der Waals surface area contributed by atoms with Crippen LogP contribution in [0.3, 0.4) is 0 Å². The first-order valence-corrected chi connectivity index (χ1v) is 8.25. The molecule has 1 fully saturated rings. The molecule has 0 bridgehead atoms. The minimum absolute atomic E-state index is 0.336. The van der Waals surface area contributed by atoms with E-state index in [1.165, 1.54) is 11.1 Å². The predicted octanol–water partition coefficient (Wildman–Crippen LogP) is 2.38. The molecule has 1 aliphatic rings. The Morgan fingerprint density at radius 2 is 1.62 bits per heavy atom. The van der Waals surface area contributed by atoms with Gasteiger partial charge in [-0.1, -0.05) is 24.3 Å². The van der Waals surface area contributed by atoms with Crippen molar-refractivity contribution in [2.45, 2.75) is 52.0 Å². The van der Waals surface area contributed by atoms with E-state index in [1.807, 2.05) is 17.1 Å². The Morgan fingerprint density at radius 3 is 2.21 bits per heavy atom. The smallest absolute Gasteiger partial charge is 0.399 e. The van der Waals surface area contributed by atoms with E-state index in [2.05, 4.69) is 57.1 Å². The van der Waals surface area contributed by atoms with E-state index in [4.69, 9.17) is 14.0 Å². The lowest BCUT2D eigenvalue weighted by molar-refractivity contribution is 0.00578. The molecular weight excluding hydrogens is 303 g/mol. The molecule has 128 valence electrons. The zero-order valence-corrected chi connectivity index (χ0v) is 15.1. The van der Waals surface area contributed by atoms with Crippen molar-refractivity contribution < 1.29 is 14.0 Å². The molecule has 0 spiro atoms.